The molecule has 0 radical (unpaired) electrons. The molecule has 0 atom stereocenters. The molecule has 1 aromatic heterocycles. The van der Waals surface area contributed by atoms with Gasteiger partial charge in [-0.2, -0.15) is 18.4 Å². The van der Waals surface area contributed by atoms with Gasteiger partial charge in [0.1, 0.15) is 18.0 Å². The van der Waals surface area contributed by atoms with Crippen LogP contribution in [0.15, 0.2) is 12.1 Å². The molecule has 1 heterocycles. The zero-order chi connectivity index (χ0) is 20.7. The molecular formula is C14H10Cl4F3N5P+. The molecule has 0 saturated carbocycles. The van der Waals surface area contributed by atoms with E-state index in [-0.39, 0.29) is 32.5 Å². The van der Waals surface area contributed by atoms with Crippen LogP contribution in [0.4, 0.5) is 19.0 Å². The Kier molecular flexibility index (Phi) is 6.55. The van der Waals surface area contributed by atoms with Crippen LogP contribution in [0, 0.1) is 11.3 Å². The Bertz CT molecular complexity index is 926. The molecular weight excluding hydrogens is 468 g/mol. The summed E-state index contributed by atoms with van der Waals surface area (Å²) in [7, 11) is 3.28. The summed E-state index contributed by atoms with van der Waals surface area (Å²) in [6.45, 7) is 1.97. The van der Waals surface area contributed by atoms with Gasteiger partial charge in [0.15, 0.2) is 5.69 Å². The van der Waals surface area contributed by atoms with E-state index in [1.807, 2.05) is 6.07 Å². The van der Waals surface area contributed by atoms with Crippen LogP contribution in [0.5, 0.6) is 0 Å². The topological polar surface area (TPSA) is 47.9 Å². The van der Waals surface area contributed by atoms with E-state index < -0.39 is 18.4 Å². The highest BCUT2D eigenvalue weighted by Crippen LogP contribution is 2.49. The molecule has 0 bridgehead atoms. The fraction of sp³-hybridized carbons (Fsp3) is 0.214. The second-order valence-electron chi connectivity index (χ2n) is 5.31. The van der Waals surface area contributed by atoms with Crippen molar-refractivity contribution in [2.24, 2.45) is 0 Å². The fourth-order valence-corrected chi connectivity index (χ4v) is 4.34. The van der Waals surface area contributed by atoms with Crippen LogP contribution in [0.1, 0.15) is 11.3 Å². The standard InChI is InChI=1S/C14H10Cl4F3N5P/c1-24(2)25(3)13-12(27(17)18)10(6-22)23-26(13)11-8(15)4-7(5-9(11)16)14(19,20)21/h4-5H,3H2,1-2H3/q+1. The molecule has 144 valence electrons. The van der Waals surface area contributed by atoms with Crippen LogP contribution in [0.2, 0.25) is 10.0 Å². The maximum Gasteiger partial charge on any atom is 0.416 e. The number of hydrazine groups is 1. The van der Waals surface area contributed by atoms with Crippen molar-refractivity contribution >= 4 is 70.2 Å². The number of benzene rings is 1. The number of hydrogen-bond acceptors (Lipinski definition) is 3. The number of hydrogen-bond donors (Lipinski definition) is 0. The molecule has 2 aromatic rings. The Morgan fingerprint density at radius 1 is 1.26 bits per heavy atom. The average molecular weight is 478 g/mol. The molecule has 0 aliphatic heterocycles. The van der Waals surface area contributed by atoms with Crippen molar-refractivity contribution in [3.05, 3.63) is 33.4 Å². The predicted octanol–water partition coefficient (Wildman–Crippen LogP) is 5.31. The van der Waals surface area contributed by atoms with Crippen LogP contribution in [-0.4, -0.2) is 40.3 Å². The second kappa shape index (κ2) is 8.02. The molecule has 0 spiro atoms. The van der Waals surface area contributed by atoms with Gasteiger partial charge >= 0.3 is 12.0 Å². The molecule has 0 N–H and O–H groups in total. The van der Waals surface area contributed by atoms with Crippen molar-refractivity contribution < 1.29 is 17.9 Å². The minimum Gasteiger partial charge on any atom is -0.250 e. The zero-order valence-electron chi connectivity index (χ0n) is 13.7. The van der Waals surface area contributed by atoms with Gasteiger partial charge in [0, 0.05) is 14.1 Å². The molecule has 13 heteroatoms. The van der Waals surface area contributed by atoms with E-state index >= 15 is 0 Å². The highest BCUT2D eigenvalue weighted by Gasteiger charge is 2.37. The van der Waals surface area contributed by atoms with Crippen molar-refractivity contribution in [2.45, 2.75) is 6.18 Å². The molecule has 1 aromatic carbocycles. The first-order chi connectivity index (χ1) is 12.4. The Morgan fingerprint density at radius 2 is 1.78 bits per heavy atom. The first-order valence-electron chi connectivity index (χ1n) is 6.89. The summed E-state index contributed by atoms with van der Waals surface area (Å²) in [5.41, 5.74) is -1.21. The number of nitrogens with zero attached hydrogens (tertiary/aromatic N) is 5. The minimum atomic E-state index is -4.63. The smallest absolute Gasteiger partial charge is 0.250 e. The van der Waals surface area contributed by atoms with Crippen molar-refractivity contribution in [3.63, 3.8) is 0 Å². The second-order valence-corrected chi connectivity index (χ2v) is 9.59. The summed E-state index contributed by atoms with van der Waals surface area (Å²) in [6.07, 6.45) is -4.63. The normalized spacial score (nSPS) is 11.6. The Balaban J connectivity index is 2.88. The summed E-state index contributed by atoms with van der Waals surface area (Å²) in [4.78, 5) is 0. The van der Waals surface area contributed by atoms with E-state index in [4.69, 9.17) is 45.7 Å². The Morgan fingerprint density at radius 3 is 2.15 bits per heavy atom. The summed E-state index contributed by atoms with van der Waals surface area (Å²) >= 11 is 24.2. The maximum absolute atomic E-state index is 13.0. The van der Waals surface area contributed by atoms with E-state index in [0.717, 1.165) is 4.68 Å². The van der Waals surface area contributed by atoms with Crippen LogP contribution in [0.3, 0.4) is 0 Å². The van der Waals surface area contributed by atoms with E-state index in [2.05, 4.69) is 11.8 Å². The highest BCUT2D eigenvalue weighted by molar-refractivity contribution is 8.09. The molecule has 27 heavy (non-hydrogen) atoms. The third-order valence-corrected chi connectivity index (χ3v) is 5.74. The van der Waals surface area contributed by atoms with Crippen LogP contribution < -0.4 is 5.30 Å². The Hall–Kier alpha value is -1.23. The van der Waals surface area contributed by atoms with Gasteiger partial charge in [0.25, 0.3) is 0 Å². The minimum absolute atomic E-state index is 0.0650. The van der Waals surface area contributed by atoms with E-state index in [1.54, 1.807) is 14.1 Å². The first-order valence-corrected chi connectivity index (χ1v) is 10.8. The van der Waals surface area contributed by atoms with Crippen LogP contribution in [0.25, 0.3) is 5.69 Å². The van der Waals surface area contributed by atoms with E-state index in [9.17, 15) is 18.4 Å². The van der Waals surface area contributed by atoms with Crippen LogP contribution in [-0.2, 0) is 6.18 Å². The van der Waals surface area contributed by atoms with Crippen LogP contribution >= 0.6 is 52.3 Å². The lowest BCUT2D eigenvalue weighted by Crippen LogP contribution is -2.27. The quantitative estimate of drug-likeness (QED) is 0.259. The summed E-state index contributed by atoms with van der Waals surface area (Å²) in [5, 5.41) is 14.5. The zero-order valence-corrected chi connectivity index (χ0v) is 17.6. The molecule has 2 rings (SSSR count). The Labute approximate surface area is 173 Å². The van der Waals surface area contributed by atoms with Gasteiger partial charge < -0.3 is 0 Å². The molecule has 0 saturated heterocycles. The summed E-state index contributed by atoms with van der Waals surface area (Å²) in [6, 6.07) is 3.28. The van der Waals surface area contributed by atoms with Gasteiger partial charge in [-0.3, -0.25) is 0 Å². The third kappa shape index (κ3) is 4.28. The predicted molar refractivity (Wildman–Crippen MR) is 102 cm³/mol. The van der Waals surface area contributed by atoms with Gasteiger partial charge in [0.05, 0.1) is 22.3 Å². The lowest BCUT2D eigenvalue weighted by atomic mass is 10.2. The fourth-order valence-electron chi connectivity index (χ4n) is 2.14. The van der Waals surface area contributed by atoms with Gasteiger partial charge in [-0.15, -0.1) is 4.68 Å². The van der Waals surface area contributed by atoms with Gasteiger partial charge in [-0.25, -0.2) is 5.01 Å². The number of hydrazone groups is 1. The van der Waals surface area contributed by atoms with Crippen molar-refractivity contribution in [2.75, 3.05) is 14.1 Å². The average Bonchev–Trinajstić information content (AvgIpc) is 2.91. The van der Waals surface area contributed by atoms with E-state index in [1.165, 1.54) is 9.69 Å². The number of nitriles is 1. The van der Waals surface area contributed by atoms with Crippen molar-refractivity contribution in [1.82, 2.24) is 14.8 Å². The highest BCUT2D eigenvalue weighted by atomic mass is 35.9. The molecule has 0 aliphatic rings. The lowest BCUT2D eigenvalue weighted by Gasteiger charge is -2.15. The molecule has 0 fully saturated rings. The summed E-state index contributed by atoms with van der Waals surface area (Å²) in [5.74, 6) is 0.149. The third-order valence-electron chi connectivity index (χ3n) is 3.40. The van der Waals surface area contributed by atoms with E-state index in [0.29, 0.717) is 12.1 Å². The largest absolute Gasteiger partial charge is 0.416 e. The lowest BCUT2D eigenvalue weighted by molar-refractivity contribution is -0.605. The summed E-state index contributed by atoms with van der Waals surface area (Å²) < 4.78 is 41.4. The number of aromatic nitrogens is 2. The van der Waals surface area contributed by atoms with Crippen molar-refractivity contribution in [1.29, 1.82) is 5.26 Å². The first kappa shape index (κ1) is 22.1. The maximum atomic E-state index is 13.0. The SMILES string of the molecule is C=[N+](c1c(P(Cl)Cl)c(C#N)nn1-c1c(Cl)cc(C(F)(F)F)cc1Cl)N(C)C. The molecule has 0 amide bonds. The molecule has 0 unspecified atom stereocenters. The number of rotatable bonds is 4. The number of halogens is 7. The number of alkyl halides is 3. The monoisotopic (exact) mass is 476 g/mol. The van der Waals surface area contributed by atoms with Gasteiger partial charge in [-0.1, -0.05) is 55.5 Å². The van der Waals surface area contributed by atoms with Crippen molar-refractivity contribution in [3.8, 4) is 11.8 Å². The van der Waals surface area contributed by atoms with Gasteiger partial charge in [0.2, 0.25) is 5.69 Å². The molecule has 0 aliphatic carbocycles. The van der Waals surface area contributed by atoms with Gasteiger partial charge in [-0.05, 0) is 12.1 Å². The molecule has 5 nitrogen and oxygen atoms in total.